The normalized spacial score (nSPS) is 13.3. The Kier molecular flexibility index (Phi) is 3.90. The number of alkyl halides is 1. The van der Waals surface area contributed by atoms with Crippen molar-refractivity contribution in [2.24, 2.45) is 0 Å². The minimum Gasteiger partial charge on any atom is -0.393 e. The summed E-state index contributed by atoms with van der Waals surface area (Å²) < 4.78 is 13.1. The zero-order valence-electron chi connectivity index (χ0n) is 8.30. The number of hydrogen-bond donors (Lipinski definition) is 1. The third-order valence-corrected chi connectivity index (χ3v) is 2.50. The Balaban J connectivity index is 3.00. The van der Waals surface area contributed by atoms with Crippen molar-refractivity contribution in [3.63, 3.8) is 0 Å². The maximum atomic E-state index is 13.1. The summed E-state index contributed by atoms with van der Waals surface area (Å²) in [5.41, 5.74) is 1.43. The molecule has 1 rings (SSSR count). The van der Waals surface area contributed by atoms with E-state index < -0.39 is 12.8 Å². The van der Waals surface area contributed by atoms with Crippen LogP contribution in [0.15, 0.2) is 18.2 Å². The van der Waals surface area contributed by atoms with Crippen molar-refractivity contribution in [3.8, 4) is 0 Å². The molecule has 0 aliphatic heterocycles. The molecule has 78 valence electrons. The molecule has 0 spiro atoms. The number of benzene rings is 1. The van der Waals surface area contributed by atoms with Crippen molar-refractivity contribution in [2.45, 2.75) is 25.9 Å². The minimum absolute atomic E-state index is 0.323. The van der Waals surface area contributed by atoms with Crippen LogP contribution in [-0.4, -0.2) is 11.7 Å². The van der Waals surface area contributed by atoms with Gasteiger partial charge >= 0.3 is 0 Å². The number of aliphatic hydroxyl groups excluding tert-OH is 1. The Morgan fingerprint density at radius 1 is 1.43 bits per heavy atom. The van der Waals surface area contributed by atoms with Crippen LogP contribution in [0.3, 0.4) is 0 Å². The van der Waals surface area contributed by atoms with E-state index in [1.54, 1.807) is 12.1 Å². The molecular formula is C11H14ClFO. The standard InChI is InChI=1S/C11H14ClFO/c1-7(2)9-4-3-8(5-10(9)12)11(13)6-14/h3-5,7,11,14H,6H2,1-2H3. The highest BCUT2D eigenvalue weighted by Crippen LogP contribution is 2.28. The first-order valence-electron chi connectivity index (χ1n) is 4.60. The van der Waals surface area contributed by atoms with Crippen molar-refractivity contribution in [1.29, 1.82) is 0 Å². The Bertz CT molecular complexity index is 312. The zero-order valence-corrected chi connectivity index (χ0v) is 9.05. The average molecular weight is 217 g/mol. The lowest BCUT2D eigenvalue weighted by Gasteiger charge is -2.11. The predicted molar refractivity (Wildman–Crippen MR) is 56.5 cm³/mol. The summed E-state index contributed by atoms with van der Waals surface area (Å²) in [6, 6.07) is 5.06. The third kappa shape index (κ3) is 2.46. The Morgan fingerprint density at radius 2 is 2.07 bits per heavy atom. The summed E-state index contributed by atoms with van der Waals surface area (Å²) in [7, 11) is 0. The zero-order chi connectivity index (χ0) is 10.7. The molecule has 0 saturated carbocycles. The van der Waals surface area contributed by atoms with Crippen molar-refractivity contribution in [1.82, 2.24) is 0 Å². The van der Waals surface area contributed by atoms with E-state index in [2.05, 4.69) is 0 Å². The smallest absolute Gasteiger partial charge is 0.148 e. The summed E-state index contributed by atoms with van der Waals surface area (Å²) in [4.78, 5) is 0. The molecule has 1 atom stereocenters. The number of rotatable bonds is 3. The lowest BCUT2D eigenvalue weighted by atomic mass is 10.0. The fourth-order valence-corrected chi connectivity index (χ4v) is 1.72. The molecule has 3 heteroatoms. The summed E-state index contributed by atoms with van der Waals surface area (Å²) in [5.74, 6) is 0.323. The largest absolute Gasteiger partial charge is 0.393 e. The van der Waals surface area contributed by atoms with E-state index in [1.165, 1.54) is 0 Å². The fraction of sp³-hybridized carbons (Fsp3) is 0.455. The first kappa shape index (κ1) is 11.5. The highest BCUT2D eigenvalue weighted by Gasteiger charge is 2.11. The Hall–Kier alpha value is -0.600. The topological polar surface area (TPSA) is 20.2 Å². The summed E-state index contributed by atoms with van der Waals surface area (Å²) in [6.45, 7) is 3.55. The molecule has 0 fully saturated rings. The van der Waals surface area contributed by atoms with Crippen LogP contribution < -0.4 is 0 Å². The molecule has 1 nitrogen and oxygen atoms in total. The molecule has 0 aromatic heterocycles. The van der Waals surface area contributed by atoms with E-state index in [1.807, 2.05) is 19.9 Å². The second kappa shape index (κ2) is 4.76. The van der Waals surface area contributed by atoms with Crippen LogP contribution >= 0.6 is 11.6 Å². The van der Waals surface area contributed by atoms with Gasteiger partial charge in [0.2, 0.25) is 0 Å². The molecule has 0 saturated heterocycles. The lowest BCUT2D eigenvalue weighted by Crippen LogP contribution is -1.98. The van der Waals surface area contributed by atoms with Gasteiger partial charge in [-0.25, -0.2) is 4.39 Å². The Morgan fingerprint density at radius 3 is 2.50 bits per heavy atom. The predicted octanol–water partition coefficient (Wildman–Crippen LogP) is 3.47. The van der Waals surface area contributed by atoms with Gasteiger partial charge in [-0.2, -0.15) is 0 Å². The number of aliphatic hydroxyl groups is 1. The van der Waals surface area contributed by atoms with Crippen molar-refractivity contribution in [2.75, 3.05) is 6.61 Å². The second-order valence-corrected chi connectivity index (χ2v) is 3.99. The van der Waals surface area contributed by atoms with Crippen LogP contribution in [0.5, 0.6) is 0 Å². The van der Waals surface area contributed by atoms with Gasteiger partial charge in [0.05, 0.1) is 6.61 Å². The van der Waals surface area contributed by atoms with Crippen molar-refractivity contribution < 1.29 is 9.50 Å². The maximum absolute atomic E-state index is 13.1. The fourth-order valence-electron chi connectivity index (χ4n) is 1.31. The molecule has 0 bridgehead atoms. The first-order chi connectivity index (χ1) is 6.56. The molecular weight excluding hydrogens is 203 g/mol. The molecule has 1 aromatic rings. The van der Waals surface area contributed by atoms with E-state index in [4.69, 9.17) is 16.7 Å². The number of hydrogen-bond acceptors (Lipinski definition) is 1. The lowest BCUT2D eigenvalue weighted by molar-refractivity contribution is 0.180. The SMILES string of the molecule is CC(C)c1ccc(C(F)CO)cc1Cl. The molecule has 1 N–H and O–H groups in total. The maximum Gasteiger partial charge on any atom is 0.148 e. The molecule has 1 unspecified atom stereocenters. The molecule has 0 aliphatic carbocycles. The van der Waals surface area contributed by atoms with Gasteiger partial charge in [0.25, 0.3) is 0 Å². The van der Waals surface area contributed by atoms with Crippen LogP contribution in [0.1, 0.15) is 37.1 Å². The van der Waals surface area contributed by atoms with Crippen LogP contribution in [0.4, 0.5) is 4.39 Å². The third-order valence-electron chi connectivity index (χ3n) is 2.17. The van der Waals surface area contributed by atoms with Crippen LogP contribution in [-0.2, 0) is 0 Å². The quantitative estimate of drug-likeness (QED) is 0.821. The average Bonchev–Trinajstić information content (AvgIpc) is 2.15. The van der Waals surface area contributed by atoms with E-state index in [0.29, 0.717) is 16.5 Å². The van der Waals surface area contributed by atoms with E-state index >= 15 is 0 Å². The van der Waals surface area contributed by atoms with E-state index in [0.717, 1.165) is 5.56 Å². The summed E-state index contributed by atoms with van der Waals surface area (Å²) in [6.07, 6.45) is -1.34. The van der Waals surface area contributed by atoms with Crippen molar-refractivity contribution in [3.05, 3.63) is 34.3 Å². The van der Waals surface area contributed by atoms with Gasteiger partial charge in [-0.3, -0.25) is 0 Å². The van der Waals surface area contributed by atoms with Crippen molar-refractivity contribution >= 4 is 11.6 Å². The molecule has 1 aromatic carbocycles. The molecule has 0 aliphatic rings. The van der Waals surface area contributed by atoms with Gasteiger partial charge < -0.3 is 5.11 Å². The summed E-state index contributed by atoms with van der Waals surface area (Å²) >= 11 is 5.98. The first-order valence-corrected chi connectivity index (χ1v) is 4.98. The van der Waals surface area contributed by atoms with Gasteiger partial charge in [-0.1, -0.05) is 37.6 Å². The van der Waals surface area contributed by atoms with Gasteiger partial charge in [-0.05, 0) is 23.1 Å². The highest BCUT2D eigenvalue weighted by atomic mass is 35.5. The molecule has 0 radical (unpaired) electrons. The monoisotopic (exact) mass is 216 g/mol. The highest BCUT2D eigenvalue weighted by molar-refractivity contribution is 6.31. The number of halogens is 2. The van der Waals surface area contributed by atoms with Crippen LogP contribution in [0, 0.1) is 0 Å². The van der Waals surface area contributed by atoms with Gasteiger partial charge in [-0.15, -0.1) is 0 Å². The minimum atomic E-state index is -1.34. The second-order valence-electron chi connectivity index (χ2n) is 3.59. The van der Waals surface area contributed by atoms with Gasteiger partial charge in [0, 0.05) is 5.02 Å². The molecule has 0 heterocycles. The summed E-state index contributed by atoms with van der Waals surface area (Å²) in [5, 5.41) is 9.20. The van der Waals surface area contributed by atoms with E-state index in [-0.39, 0.29) is 0 Å². The van der Waals surface area contributed by atoms with Crippen LogP contribution in [0.25, 0.3) is 0 Å². The van der Waals surface area contributed by atoms with Crippen LogP contribution in [0.2, 0.25) is 5.02 Å². The molecule has 0 amide bonds. The van der Waals surface area contributed by atoms with Gasteiger partial charge in [0.1, 0.15) is 6.17 Å². The van der Waals surface area contributed by atoms with Gasteiger partial charge in [0.15, 0.2) is 0 Å². The molecule has 14 heavy (non-hydrogen) atoms. The Labute approximate surface area is 88.5 Å². The van der Waals surface area contributed by atoms with E-state index in [9.17, 15) is 4.39 Å².